The van der Waals surface area contributed by atoms with E-state index in [1.807, 2.05) is 37.3 Å². The van der Waals surface area contributed by atoms with Gasteiger partial charge in [-0.1, -0.05) is 18.2 Å². The Morgan fingerprint density at radius 1 is 1.15 bits per heavy atom. The molecule has 0 fully saturated rings. The molecule has 0 unspecified atom stereocenters. The molecular weight excluding hydrogens is 342 g/mol. The molecule has 0 aliphatic heterocycles. The van der Waals surface area contributed by atoms with Crippen LogP contribution in [-0.2, 0) is 0 Å². The number of hydrogen-bond acceptors (Lipinski definition) is 4. The van der Waals surface area contributed by atoms with Gasteiger partial charge in [0, 0.05) is 17.3 Å². The van der Waals surface area contributed by atoms with Gasteiger partial charge in [-0.15, -0.1) is 0 Å². The molecule has 0 aliphatic rings. The van der Waals surface area contributed by atoms with Crippen molar-refractivity contribution in [3.8, 4) is 11.6 Å². The molecule has 3 aromatic rings. The van der Waals surface area contributed by atoms with Crippen molar-refractivity contribution in [3.05, 3.63) is 52.0 Å². The number of fused-ring (bicyclic) bond motifs is 1. The van der Waals surface area contributed by atoms with Crippen LogP contribution in [0.15, 0.2) is 41.0 Å². The quantitative estimate of drug-likeness (QED) is 0.637. The number of para-hydroxylation sites is 1. The number of ether oxygens (including phenoxy) is 1. The molecule has 0 saturated heterocycles. The number of halogens is 2. The maximum absolute atomic E-state index is 5.81. The summed E-state index contributed by atoms with van der Waals surface area (Å²) >= 11 is 9.13. The predicted molar refractivity (Wildman–Crippen MR) is 81.3 cm³/mol. The fraction of sp³-hybridized carbons (Fsp3) is 0.0714. The Hall–Kier alpha value is -1.72. The van der Waals surface area contributed by atoms with E-state index < -0.39 is 0 Å². The lowest BCUT2D eigenvalue weighted by molar-refractivity contribution is 0.462. The monoisotopic (exact) mass is 349 g/mol. The minimum absolute atomic E-state index is 0.132. The third kappa shape index (κ3) is 2.59. The molecule has 0 aliphatic carbocycles. The molecule has 20 heavy (non-hydrogen) atoms. The Balaban J connectivity index is 2.10. The van der Waals surface area contributed by atoms with Crippen molar-refractivity contribution in [2.24, 2.45) is 0 Å². The van der Waals surface area contributed by atoms with Gasteiger partial charge in [0.2, 0.25) is 11.2 Å². The molecule has 1 aromatic carbocycles. The normalized spacial score (nSPS) is 10.8. The first-order valence-corrected chi connectivity index (χ1v) is 7.03. The number of aromatic nitrogens is 3. The zero-order chi connectivity index (χ0) is 14.1. The summed E-state index contributed by atoms with van der Waals surface area (Å²) in [5.41, 5.74) is 1.71. The van der Waals surface area contributed by atoms with Gasteiger partial charge in [0.15, 0.2) is 5.75 Å². The summed E-state index contributed by atoms with van der Waals surface area (Å²) in [7, 11) is 0. The number of benzene rings is 1. The zero-order valence-corrected chi connectivity index (χ0v) is 12.8. The maximum Gasteiger partial charge on any atom is 0.238 e. The highest BCUT2D eigenvalue weighted by molar-refractivity contribution is 9.10. The summed E-state index contributed by atoms with van der Waals surface area (Å²) in [5, 5.41) is 1.14. The number of pyridine rings is 1. The molecule has 0 saturated carbocycles. The van der Waals surface area contributed by atoms with Gasteiger partial charge in [-0.25, -0.2) is 9.97 Å². The lowest BCUT2D eigenvalue weighted by Gasteiger charge is -2.09. The van der Waals surface area contributed by atoms with Gasteiger partial charge in [-0.3, -0.25) is 0 Å². The van der Waals surface area contributed by atoms with Crippen LogP contribution >= 0.6 is 27.5 Å². The zero-order valence-electron chi connectivity index (χ0n) is 10.5. The van der Waals surface area contributed by atoms with Crippen molar-refractivity contribution in [2.45, 2.75) is 6.92 Å². The lowest BCUT2D eigenvalue weighted by atomic mass is 10.2. The van der Waals surface area contributed by atoms with Crippen molar-refractivity contribution in [1.29, 1.82) is 0 Å². The Kier molecular flexibility index (Phi) is 3.54. The van der Waals surface area contributed by atoms with Crippen LogP contribution in [0.1, 0.15) is 5.69 Å². The van der Waals surface area contributed by atoms with Gasteiger partial charge in [-0.2, -0.15) is 4.98 Å². The first kappa shape index (κ1) is 13.3. The highest BCUT2D eigenvalue weighted by Gasteiger charge is 2.10. The van der Waals surface area contributed by atoms with Crippen LogP contribution < -0.4 is 4.74 Å². The van der Waals surface area contributed by atoms with E-state index in [0.717, 1.165) is 16.6 Å². The molecule has 4 nitrogen and oxygen atoms in total. The summed E-state index contributed by atoms with van der Waals surface area (Å²) in [4.78, 5) is 12.4. The van der Waals surface area contributed by atoms with Crippen molar-refractivity contribution >= 4 is 38.4 Å². The fourth-order valence-corrected chi connectivity index (χ4v) is 2.20. The lowest BCUT2D eigenvalue weighted by Crippen LogP contribution is -1.94. The van der Waals surface area contributed by atoms with Crippen LogP contribution in [0.4, 0.5) is 0 Å². The van der Waals surface area contributed by atoms with Crippen molar-refractivity contribution in [1.82, 2.24) is 15.0 Å². The molecule has 0 spiro atoms. The number of hydrogen-bond donors (Lipinski definition) is 0. The van der Waals surface area contributed by atoms with E-state index in [1.54, 1.807) is 6.20 Å². The molecule has 2 heterocycles. The van der Waals surface area contributed by atoms with E-state index in [2.05, 4.69) is 30.9 Å². The van der Waals surface area contributed by atoms with Crippen molar-refractivity contribution < 1.29 is 4.74 Å². The van der Waals surface area contributed by atoms with Gasteiger partial charge < -0.3 is 4.74 Å². The summed E-state index contributed by atoms with van der Waals surface area (Å²) in [5.74, 6) is 0.988. The largest absolute Gasteiger partial charge is 0.435 e. The third-order valence-corrected chi connectivity index (χ3v) is 3.44. The van der Waals surface area contributed by atoms with Gasteiger partial charge in [0.1, 0.15) is 5.52 Å². The van der Waals surface area contributed by atoms with E-state index in [0.29, 0.717) is 16.1 Å². The summed E-state index contributed by atoms with van der Waals surface area (Å²) in [6.07, 6.45) is 1.55. The minimum Gasteiger partial charge on any atom is -0.435 e. The van der Waals surface area contributed by atoms with E-state index in [1.165, 1.54) is 0 Å². The van der Waals surface area contributed by atoms with E-state index in [4.69, 9.17) is 16.3 Å². The molecule has 3 rings (SSSR count). The Morgan fingerprint density at radius 3 is 2.85 bits per heavy atom. The molecule has 0 N–H and O–H groups in total. The summed E-state index contributed by atoms with van der Waals surface area (Å²) in [6, 6.07) is 9.70. The summed E-state index contributed by atoms with van der Waals surface area (Å²) in [6.45, 7) is 1.94. The number of rotatable bonds is 2. The van der Waals surface area contributed by atoms with Gasteiger partial charge >= 0.3 is 0 Å². The SMILES string of the molecule is Cc1ccc2cccc(Oc3nc(Cl)ncc3Br)c2n1. The highest BCUT2D eigenvalue weighted by atomic mass is 79.9. The third-order valence-electron chi connectivity index (χ3n) is 2.71. The van der Waals surface area contributed by atoms with E-state index >= 15 is 0 Å². The number of aryl methyl sites for hydroxylation is 1. The molecule has 0 bridgehead atoms. The summed E-state index contributed by atoms with van der Waals surface area (Å²) < 4.78 is 6.44. The average molecular weight is 351 g/mol. The second-order valence-corrected chi connectivity index (χ2v) is 5.37. The van der Waals surface area contributed by atoms with Gasteiger partial charge in [-0.05, 0) is 46.6 Å². The van der Waals surface area contributed by atoms with E-state index in [9.17, 15) is 0 Å². The van der Waals surface area contributed by atoms with Crippen LogP contribution in [0.3, 0.4) is 0 Å². The van der Waals surface area contributed by atoms with Crippen LogP contribution in [-0.4, -0.2) is 15.0 Å². The Bertz CT molecular complexity index is 794. The first-order chi connectivity index (χ1) is 9.63. The second-order valence-electron chi connectivity index (χ2n) is 4.17. The van der Waals surface area contributed by atoms with Gasteiger partial charge in [0.05, 0.1) is 4.47 Å². The van der Waals surface area contributed by atoms with Crippen molar-refractivity contribution in [3.63, 3.8) is 0 Å². The second kappa shape index (κ2) is 5.34. The smallest absolute Gasteiger partial charge is 0.238 e. The first-order valence-electron chi connectivity index (χ1n) is 5.86. The van der Waals surface area contributed by atoms with Crippen LogP contribution in [0.5, 0.6) is 11.6 Å². The molecule has 6 heteroatoms. The Morgan fingerprint density at radius 2 is 2.00 bits per heavy atom. The molecule has 0 amide bonds. The molecule has 2 aromatic heterocycles. The maximum atomic E-state index is 5.81. The molecule has 0 radical (unpaired) electrons. The predicted octanol–water partition coefficient (Wildman–Crippen LogP) is 4.54. The molecule has 100 valence electrons. The topological polar surface area (TPSA) is 47.9 Å². The minimum atomic E-state index is 0.132. The average Bonchev–Trinajstić information content (AvgIpc) is 2.43. The van der Waals surface area contributed by atoms with Crippen LogP contribution in [0, 0.1) is 6.92 Å². The van der Waals surface area contributed by atoms with Crippen molar-refractivity contribution in [2.75, 3.05) is 0 Å². The Labute approximate surface area is 128 Å². The van der Waals surface area contributed by atoms with Crippen LogP contribution in [0.2, 0.25) is 5.28 Å². The number of nitrogens with zero attached hydrogens (tertiary/aromatic N) is 3. The van der Waals surface area contributed by atoms with Gasteiger partial charge in [0.25, 0.3) is 0 Å². The standard InChI is InChI=1S/C14H9BrClN3O/c1-8-5-6-9-3-2-4-11(12(9)18-8)20-13-10(15)7-17-14(16)19-13/h2-7H,1H3. The molecular formula is C14H9BrClN3O. The molecule has 0 atom stereocenters. The fourth-order valence-electron chi connectivity index (χ4n) is 1.81. The van der Waals surface area contributed by atoms with E-state index in [-0.39, 0.29) is 5.28 Å². The van der Waals surface area contributed by atoms with Crippen LogP contribution in [0.25, 0.3) is 10.9 Å². The highest BCUT2D eigenvalue weighted by Crippen LogP contribution is 2.31.